The highest BCUT2D eigenvalue weighted by atomic mass is 35.5. The summed E-state index contributed by atoms with van der Waals surface area (Å²) in [6, 6.07) is 17.2. The topological polar surface area (TPSA) is 42.0 Å². The number of hydrogen-bond acceptors (Lipinski definition) is 3. The van der Waals surface area contributed by atoms with Gasteiger partial charge in [0.2, 0.25) is 5.91 Å². The molecule has 1 atom stereocenters. The zero-order valence-corrected chi connectivity index (χ0v) is 14.6. The van der Waals surface area contributed by atoms with E-state index < -0.39 is 0 Å². The van der Waals surface area contributed by atoms with Gasteiger partial charge in [0.05, 0.1) is 18.2 Å². The number of benzene rings is 1. The summed E-state index contributed by atoms with van der Waals surface area (Å²) in [6.07, 6.45) is 2.40. The van der Waals surface area contributed by atoms with Crippen molar-refractivity contribution in [3.63, 3.8) is 0 Å². The maximum atomic E-state index is 12.8. The van der Waals surface area contributed by atoms with Crippen molar-refractivity contribution in [2.24, 2.45) is 0 Å². The number of amides is 1. The second kappa shape index (κ2) is 8.08. The first-order chi connectivity index (χ1) is 11.7. The predicted octanol–water partition coefficient (Wildman–Crippen LogP) is 4.44. The number of hydrogen-bond donors (Lipinski definition) is 1. The number of nitrogens with zero attached hydrogens (tertiary/aromatic N) is 1. The number of rotatable bonds is 6. The van der Waals surface area contributed by atoms with Crippen molar-refractivity contribution in [2.75, 3.05) is 0 Å². The maximum absolute atomic E-state index is 12.8. The molecule has 1 aromatic carbocycles. The largest absolute Gasteiger partial charge is 0.350 e. The Bertz CT molecular complexity index is 773. The summed E-state index contributed by atoms with van der Waals surface area (Å²) < 4.78 is 0. The second-order valence-corrected chi connectivity index (χ2v) is 6.90. The van der Waals surface area contributed by atoms with Crippen molar-refractivity contribution in [1.29, 1.82) is 0 Å². The molecule has 2 heterocycles. The molecule has 0 saturated carbocycles. The van der Waals surface area contributed by atoms with Crippen LogP contribution in [0.2, 0.25) is 5.02 Å². The van der Waals surface area contributed by atoms with Crippen molar-refractivity contribution >= 4 is 28.8 Å². The average molecular weight is 357 g/mol. The van der Waals surface area contributed by atoms with Crippen LogP contribution in [-0.4, -0.2) is 10.9 Å². The number of pyridine rings is 1. The summed E-state index contributed by atoms with van der Waals surface area (Å²) in [5.41, 5.74) is 1.81. The van der Waals surface area contributed by atoms with Crippen LogP contribution in [-0.2, 0) is 17.8 Å². The molecular formula is C19H17ClN2OS. The highest BCUT2D eigenvalue weighted by Crippen LogP contribution is 2.25. The molecule has 24 heavy (non-hydrogen) atoms. The van der Waals surface area contributed by atoms with Crippen molar-refractivity contribution in [2.45, 2.75) is 18.9 Å². The lowest BCUT2D eigenvalue weighted by atomic mass is 9.94. The van der Waals surface area contributed by atoms with Crippen LogP contribution in [0.4, 0.5) is 0 Å². The first-order valence-electron chi connectivity index (χ1n) is 7.68. The fourth-order valence-electron chi connectivity index (χ4n) is 2.49. The summed E-state index contributed by atoms with van der Waals surface area (Å²) in [6.45, 7) is 0.425. The molecule has 1 unspecified atom stereocenters. The summed E-state index contributed by atoms with van der Waals surface area (Å²) in [4.78, 5) is 18.2. The SMILES string of the molecule is O=C(NCc1ccccn1)C(Cc1cccs1)c1ccc(Cl)cc1. The smallest absolute Gasteiger partial charge is 0.228 e. The zero-order valence-electron chi connectivity index (χ0n) is 13.0. The van der Waals surface area contributed by atoms with Gasteiger partial charge < -0.3 is 5.32 Å². The van der Waals surface area contributed by atoms with Gasteiger partial charge in [-0.1, -0.05) is 35.9 Å². The Morgan fingerprint density at radius 1 is 1.12 bits per heavy atom. The molecule has 122 valence electrons. The molecule has 0 spiro atoms. The molecule has 2 aromatic heterocycles. The Hall–Kier alpha value is -2.17. The van der Waals surface area contributed by atoms with Gasteiger partial charge in [0.15, 0.2) is 0 Å². The number of aromatic nitrogens is 1. The van der Waals surface area contributed by atoms with Crippen LogP contribution in [0.15, 0.2) is 66.2 Å². The predicted molar refractivity (Wildman–Crippen MR) is 98.3 cm³/mol. The highest BCUT2D eigenvalue weighted by Gasteiger charge is 2.21. The number of carbonyl (C=O) groups is 1. The third-order valence-corrected chi connectivity index (χ3v) is 4.89. The van der Waals surface area contributed by atoms with Crippen LogP contribution in [0.5, 0.6) is 0 Å². The quantitative estimate of drug-likeness (QED) is 0.709. The molecule has 3 rings (SSSR count). The van der Waals surface area contributed by atoms with Crippen LogP contribution in [0, 0.1) is 0 Å². The summed E-state index contributed by atoms with van der Waals surface area (Å²) in [5.74, 6) is -0.249. The first-order valence-corrected chi connectivity index (χ1v) is 8.93. The first kappa shape index (κ1) is 16.7. The molecule has 1 N–H and O–H groups in total. The minimum absolute atomic E-state index is 0.00336. The number of nitrogens with one attached hydrogen (secondary N) is 1. The third-order valence-electron chi connectivity index (χ3n) is 3.74. The van der Waals surface area contributed by atoms with Gasteiger partial charge in [0.25, 0.3) is 0 Å². The lowest BCUT2D eigenvalue weighted by molar-refractivity contribution is -0.122. The van der Waals surface area contributed by atoms with Crippen molar-refractivity contribution in [3.05, 3.63) is 87.3 Å². The van der Waals surface area contributed by atoms with Gasteiger partial charge in [-0.15, -0.1) is 11.3 Å². The van der Waals surface area contributed by atoms with Gasteiger partial charge >= 0.3 is 0 Å². The van der Waals surface area contributed by atoms with E-state index in [9.17, 15) is 4.79 Å². The van der Waals surface area contributed by atoms with E-state index in [0.29, 0.717) is 18.0 Å². The molecular weight excluding hydrogens is 340 g/mol. The van der Waals surface area contributed by atoms with Crippen molar-refractivity contribution in [3.8, 4) is 0 Å². The minimum atomic E-state index is -0.246. The fraction of sp³-hybridized carbons (Fsp3) is 0.158. The molecule has 0 aliphatic carbocycles. The molecule has 0 bridgehead atoms. The van der Waals surface area contributed by atoms with Gasteiger partial charge in [0, 0.05) is 16.1 Å². The molecule has 0 radical (unpaired) electrons. The van der Waals surface area contributed by atoms with E-state index in [1.54, 1.807) is 17.5 Å². The van der Waals surface area contributed by atoms with Crippen LogP contribution in [0.1, 0.15) is 22.1 Å². The lowest BCUT2D eigenvalue weighted by Gasteiger charge is -2.17. The third kappa shape index (κ3) is 4.43. The van der Waals surface area contributed by atoms with E-state index in [0.717, 1.165) is 11.3 Å². The van der Waals surface area contributed by atoms with Crippen molar-refractivity contribution < 1.29 is 4.79 Å². The van der Waals surface area contributed by atoms with Crippen LogP contribution in [0.25, 0.3) is 0 Å². The molecule has 0 aliphatic heterocycles. The number of carbonyl (C=O) groups excluding carboxylic acids is 1. The molecule has 0 saturated heterocycles. The fourth-order valence-corrected chi connectivity index (χ4v) is 3.37. The lowest BCUT2D eigenvalue weighted by Crippen LogP contribution is -2.30. The van der Waals surface area contributed by atoms with Crippen molar-refractivity contribution in [1.82, 2.24) is 10.3 Å². The Labute approximate surface area is 150 Å². The van der Waals surface area contributed by atoms with E-state index in [1.165, 1.54) is 4.88 Å². The molecule has 1 amide bonds. The van der Waals surface area contributed by atoms with Crippen LogP contribution >= 0.6 is 22.9 Å². The molecule has 3 aromatic rings. The van der Waals surface area contributed by atoms with Crippen LogP contribution in [0.3, 0.4) is 0 Å². The van der Waals surface area contributed by atoms with Gasteiger partial charge in [0.1, 0.15) is 0 Å². The highest BCUT2D eigenvalue weighted by molar-refractivity contribution is 7.09. The Balaban J connectivity index is 1.75. The normalized spacial score (nSPS) is 11.9. The van der Waals surface area contributed by atoms with Gasteiger partial charge in [-0.2, -0.15) is 0 Å². The Kier molecular flexibility index (Phi) is 5.62. The van der Waals surface area contributed by atoms with E-state index in [4.69, 9.17) is 11.6 Å². The molecule has 5 heteroatoms. The van der Waals surface area contributed by atoms with E-state index in [2.05, 4.69) is 16.4 Å². The van der Waals surface area contributed by atoms with Gasteiger partial charge in [-0.05, 0) is 47.7 Å². The number of halogens is 1. The second-order valence-electron chi connectivity index (χ2n) is 5.43. The van der Waals surface area contributed by atoms with Crippen LogP contribution < -0.4 is 5.32 Å². The van der Waals surface area contributed by atoms with Gasteiger partial charge in [-0.25, -0.2) is 0 Å². The Morgan fingerprint density at radius 3 is 2.62 bits per heavy atom. The average Bonchev–Trinajstić information content (AvgIpc) is 3.13. The maximum Gasteiger partial charge on any atom is 0.228 e. The van der Waals surface area contributed by atoms with E-state index in [1.807, 2.05) is 53.9 Å². The summed E-state index contributed by atoms with van der Waals surface area (Å²) >= 11 is 7.64. The molecule has 0 fully saturated rings. The molecule has 3 nitrogen and oxygen atoms in total. The van der Waals surface area contributed by atoms with E-state index >= 15 is 0 Å². The molecule has 0 aliphatic rings. The Morgan fingerprint density at radius 2 is 1.96 bits per heavy atom. The van der Waals surface area contributed by atoms with Gasteiger partial charge in [-0.3, -0.25) is 9.78 Å². The minimum Gasteiger partial charge on any atom is -0.350 e. The number of thiophene rings is 1. The summed E-state index contributed by atoms with van der Waals surface area (Å²) in [5, 5.41) is 5.69. The zero-order chi connectivity index (χ0) is 16.8. The monoisotopic (exact) mass is 356 g/mol. The standard InChI is InChI=1S/C19H17ClN2OS/c20-15-8-6-14(7-9-15)18(12-17-5-3-11-24-17)19(23)22-13-16-4-1-2-10-21-16/h1-11,18H,12-13H2,(H,22,23). The summed E-state index contributed by atoms with van der Waals surface area (Å²) in [7, 11) is 0. The van der Waals surface area contributed by atoms with E-state index in [-0.39, 0.29) is 11.8 Å².